The molecule has 0 unspecified atom stereocenters. The Labute approximate surface area is 202 Å². The number of ether oxygens (including phenoxy) is 1. The number of anilines is 1. The number of carbonyl (C=O) groups is 4. The molecule has 1 aromatic heterocycles. The molecule has 1 aliphatic heterocycles. The lowest BCUT2D eigenvalue weighted by molar-refractivity contribution is -0.140. The van der Waals surface area contributed by atoms with Crippen LogP contribution in [-0.4, -0.2) is 56.3 Å². The number of thioether (sulfide) groups is 1. The van der Waals surface area contributed by atoms with Crippen molar-refractivity contribution in [3.05, 3.63) is 51.9 Å². The van der Waals surface area contributed by atoms with Crippen LogP contribution in [0.5, 0.6) is 0 Å². The average Bonchev–Trinajstić information content (AvgIpc) is 3.33. The van der Waals surface area contributed by atoms with Gasteiger partial charge in [0.1, 0.15) is 16.4 Å². The van der Waals surface area contributed by atoms with Gasteiger partial charge in [-0.1, -0.05) is 54.3 Å². The lowest BCUT2D eigenvalue weighted by atomic mass is 10.2. The minimum absolute atomic E-state index is 0.00747. The second-order valence-corrected chi connectivity index (χ2v) is 8.91. The zero-order chi connectivity index (χ0) is 24.0. The molecule has 172 valence electrons. The molecule has 3 amide bonds. The summed E-state index contributed by atoms with van der Waals surface area (Å²) in [5, 5.41) is 16.0. The third-order valence-electron chi connectivity index (χ3n) is 4.13. The highest BCUT2D eigenvalue weighted by Crippen LogP contribution is 2.38. The van der Waals surface area contributed by atoms with E-state index in [9.17, 15) is 19.2 Å². The molecule has 0 aliphatic carbocycles. The van der Waals surface area contributed by atoms with Gasteiger partial charge in [-0.15, -0.1) is 11.3 Å². The SMILES string of the molecule is CCOC(=O)/C(=C1/SC(=S)N(CC(=O)O)C1=O)c1csc(NC(=O)NCc2ccccc2)n1. The van der Waals surface area contributed by atoms with Crippen molar-refractivity contribution >= 4 is 74.2 Å². The highest BCUT2D eigenvalue weighted by Gasteiger charge is 2.38. The number of nitrogens with one attached hydrogen (secondary N) is 2. The van der Waals surface area contributed by atoms with Gasteiger partial charge < -0.3 is 15.2 Å². The predicted molar refractivity (Wildman–Crippen MR) is 128 cm³/mol. The number of carbonyl (C=O) groups excluding carboxylic acids is 3. The quantitative estimate of drug-likeness (QED) is 0.280. The summed E-state index contributed by atoms with van der Waals surface area (Å²) in [5.74, 6) is -2.77. The molecule has 0 spiro atoms. The first-order valence-electron chi connectivity index (χ1n) is 9.51. The zero-order valence-corrected chi connectivity index (χ0v) is 19.6. The summed E-state index contributed by atoms with van der Waals surface area (Å²) >= 11 is 6.95. The maximum Gasteiger partial charge on any atom is 0.341 e. The Morgan fingerprint density at radius 2 is 1.97 bits per heavy atom. The smallest absolute Gasteiger partial charge is 0.341 e. The average molecular weight is 507 g/mol. The predicted octanol–water partition coefficient (Wildman–Crippen LogP) is 2.68. The molecule has 10 nitrogen and oxygen atoms in total. The highest BCUT2D eigenvalue weighted by atomic mass is 32.2. The first kappa shape index (κ1) is 24.4. The van der Waals surface area contributed by atoms with Gasteiger partial charge in [0.2, 0.25) is 0 Å². The highest BCUT2D eigenvalue weighted by molar-refractivity contribution is 8.26. The Kier molecular flexibility index (Phi) is 8.14. The fourth-order valence-electron chi connectivity index (χ4n) is 2.70. The van der Waals surface area contributed by atoms with Crippen molar-refractivity contribution in [1.82, 2.24) is 15.2 Å². The van der Waals surface area contributed by atoms with Crippen molar-refractivity contribution in [1.29, 1.82) is 0 Å². The first-order chi connectivity index (χ1) is 15.8. The van der Waals surface area contributed by atoms with Gasteiger partial charge in [0.15, 0.2) is 5.13 Å². The van der Waals surface area contributed by atoms with Crippen LogP contribution < -0.4 is 10.6 Å². The number of thiocarbonyl (C=S) groups is 1. The van der Waals surface area contributed by atoms with Crippen molar-refractivity contribution in [3.8, 4) is 0 Å². The molecule has 0 atom stereocenters. The van der Waals surface area contributed by atoms with Gasteiger partial charge in [-0.2, -0.15) is 0 Å². The zero-order valence-electron chi connectivity index (χ0n) is 17.2. The van der Waals surface area contributed by atoms with E-state index in [0.29, 0.717) is 6.54 Å². The number of aliphatic carboxylic acids is 1. The van der Waals surface area contributed by atoms with Crippen molar-refractivity contribution in [2.24, 2.45) is 0 Å². The van der Waals surface area contributed by atoms with Gasteiger partial charge >= 0.3 is 18.0 Å². The summed E-state index contributed by atoms with van der Waals surface area (Å²) < 4.78 is 5.08. The van der Waals surface area contributed by atoms with Crippen molar-refractivity contribution in [2.75, 3.05) is 18.5 Å². The minimum atomic E-state index is -1.24. The lowest BCUT2D eigenvalue weighted by Gasteiger charge is -2.11. The van der Waals surface area contributed by atoms with E-state index in [4.69, 9.17) is 22.1 Å². The summed E-state index contributed by atoms with van der Waals surface area (Å²) in [5.41, 5.74) is 0.879. The number of nitrogens with zero attached hydrogens (tertiary/aromatic N) is 2. The molecule has 13 heteroatoms. The number of urea groups is 1. The number of hydrogen-bond acceptors (Lipinski definition) is 9. The van der Waals surface area contributed by atoms with E-state index in [0.717, 1.165) is 33.6 Å². The first-order valence-corrected chi connectivity index (χ1v) is 11.6. The van der Waals surface area contributed by atoms with E-state index in [2.05, 4.69) is 15.6 Å². The largest absolute Gasteiger partial charge is 0.480 e. The fraction of sp³-hybridized carbons (Fsp3) is 0.200. The molecule has 33 heavy (non-hydrogen) atoms. The number of aromatic nitrogens is 1. The molecule has 1 aromatic carbocycles. The Morgan fingerprint density at radius 3 is 2.64 bits per heavy atom. The third-order valence-corrected chi connectivity index (χ3v) is 6.33. The van der Waals surface area contributed by atoms with E-state index < -0.39 is 30.4 Å². The fourth-order valence-corrected chi connectivity index (χ4v) is 4.72. The molecule has 1 aliphatic rings. The molecule has 0 bridgehead atoms. The topological polar surface area (TPSA) is 138 Å². The van der Waals surface area contributed by atoms with Crippen LogP contribution in [0.15, 0.2) is 40.6 Å². The lowest BCUT2D eigenvalue weighted by Crippen LogP contribution is -2.33. The summed E-state index contributed by atoms with van der Waals surface area (Å²) in [7, 11) is 0. The number of thiazole rings is 1. The van der Waals surface area contributed by atoms with Gasteiger partial charge in [0.25, 0.3) is 5.91 Å². The van der Waals surface area contributed by atoms with Gasteiger partial charge in [0.05, 0.1) is 17.2 Å². The molecule has 0 radical (unpaired) electrons. The molecule has 2 aromatic rings. The van der Waals surface area contributed by atoms with Crippen LogP contribution in [0.4, 0.5) is 9.93 Å². The Bertz CT molecular complexity index is 1130. The second-order valence-electron chi connectivity index (χ2n) is 6.41. The van der Waals surface area contributed by atoms with E-state index in [1.807, 2.05) is 30.3 Å². The van der Waals surface area contributed by atoms with Gasteiger partial charge in [-0.25, -0.2) is 14.6 Å². The minimum Gasteiger partial charge on any atom is -0.480 e. The molecule has 2 heterocycles. The number of carboxylic acids is 1. The molecule has 3 rings (SSSR count). The summed E-state index contributed by atoms with van der Waals surface area (Å²) in [6, 6.07) is 8.83. The van der Waals surface area contributed by atoms with E-state index in [1.165, 1.54) is 5.38 Å². The monoisotopic (exact) mass is 506 g/mol. The number of esters is 1. The summed E-state index contributed by atoms with van der Waals surface area (Å²) in [6.07, 6.45) is 0. The maximum absolute atomic E-state index is 12.8. The molecule has 1 fully saturated rings. The number of hydrogen-bond donors (Lipinski definition) is 3. The third kappa shape index (κ3) is 6.15. The molecule has 0 saturated carbocycles. The standard InChI is InChI=1S/C20H18N4O6S3/c1-2-30-17(28)14(15-16(27)24(9-13(25)26)20(31)33-15)12-10-32-19(22-12)23-18(29)21-8-11-6-4-3-5-7-11/h3-7,10H,2,8-9H2,1H3,(H,25,26)(H2,21,22,23,29)/b15-14+. The second kappa shape index (κ2) is 11.0. The number of carboxylic acid groups (broad SMARTS) is 1. The van der Waals surface area contributed by atoms with Crippen molar-refractivity contribution < 1.29 is 29.0 Å². The number of amides is 3. The van der Waals surface area contributed by atoms with E-state index >= 15 is 0 Å². The van der Waals surface area contributed by atoms with Gasteiger partial charge in [0, 0.05) is 11.9 Å². The van der Waals surface area contributed by atoms with Crippen LogP contribution in [0.1, 0.15) is 18.2 Å². The van der Waals surface area contributed by atoms with Crippen LogP contribution >= 0.6 is 35.3 Å². The Morgan fingerprint density at radius 1 is 1.24 bits per heavy atom. The van der Waals surface area contributed by atoms with Crippen LogP contribution in [0.25, 0.3) is 5.57 Å². The Hall–Kier alpha value is -3.29. The van der Waals surface area contributed by atoms with Gasteiger partial charge in [-0.3, -0.25) is 19.8 Å². The number of rotatable bonds is 8. The van der Waals surface area contributed by atoms with Gasteiger partial charge in [-0.05, 0) is 12.5 Å². The molecule has 3 N–H and O–H groups in total. The Balaban J connectivity index is 1.80. The summed E-state index contributed by atoms with van der Waals surface area (Å²) in [6.45, 7) is 1.34. The molecular formula is C20H18N4O6S3. The summed E-state index contributed by atoms with van der Waals surface area (Å²) in [4.78, 5) is 53.7. The van der Waals surface area contributed by atoms with Crippen LogP contribution in [0.3, 0.4) is 0 Å². The normalized spacial score (nSPS) is 14.8. The van der Waals surface area contributed by atoms with Crippen LogP contribution in [-0.2, 0) is 25.7 Å². The molecule has 1 saturated heterocycles. The molecular weight excluding hydrogens is 488 g/mol. The van der Waals surface area contributed by atoms with Crippen LogP contribution in [0.2, 0.25) is 0 Å². The van der Waals surface area contributed by atoms with E-state index in [1.54, 1.807) is 6.92 Å². The van der Waals surface area contributed by atoms with Crippen molar-refractivity contribution in [3.63, 3.8) is 0 Å². The maximum atomic E-state index is 12.8. The van der Waals surface area contributed by atoms with E-state index in [-0.39, 0.29) is 32.2 Å². The number of benzene rings is 1. The van der Waals surface area contributed by atoms with Crippen LogP contribution in [0, 0.1) is 0 Å². The van der Waals surface area contributed by atoms with Crippen molar-refractivity contribution in [2.45, 2.75) is 13.5 Å².